The third-order valence-corrected chi connectivity index (χ3v) is 2.83. The van der Waals surface area contributed by atoms with Gasteiger partial charge in [-0.15, -0.1) is 0 Å². The lowest BCUT2D eigenvalue weighted by Gasteiger charge is -2.11. The summed E-state index contributed by atoms with van der Waals surface area (Å²) in [6, 6.07) is 0. The van der Waals surface area contributed by atoms with E-state index in [1.807, 2.05) is 0 Å². The Hall–Kier alpha value is -0.790. The van der Waals surface area contributed by atoms with E-state index in [-0.39, 0.29) is 12.1 Å². The maximum Gasteiger partial charge on any atom is 0.303 e. The van der Waals surface area contributed by atoms with Crippen molar-refractivity contribution in [1.29, 1.82) is 0 Å². The van der Waals surface area contributed by atoms with Crippen molar-refractivity contribution in [2.45, 2.75) is 64.9 Å². The van der Waals surface area contributed by atoms with Crippen LogP contribution in [0.2, 0.25) is 0 Å². The fourth-order valence-corrected chi connectivity index (χ4v) is 2.05. The molecule has 0 bridgehead atoms. The van der Waals surface area contributed by atoms with Crippen LogP contribution in [0.15, 0.2) is 11.6 Å². The Balaban J connectivity index is 2.50. The fraction of sp³-hybridized carbons (Fsp3) is 0.769. The molecule has 0 aromatic rings. The van der Waals surface area contributed by atoms with Gasteiger partial charge < -0.3 is 4.74 Å². The first-order valence-corrected chi connectivity index (χ1v) is 6.09. The van der Waals surface area contributed by atoms with E-state index in [0.29, 0.717) is 0 Å². The smallest absolute Gasteiger partial charge is 0.303 e. The fourth-order valence-electron chi connectivity index (χ4n) is 2.05. The van der Waals surface area contributed by atoms with Crippen LogP contribution < -0.4 is 0 Å². The molecule has 0 heterocycles. The van der Waals surface area contributed by atoms with Crippen molar-refractivity contribution in [3.63, 3.8) is 0 Å². The molecule has 0 saturated heterocycles. The van der Waals surface area contributed by atoms with E-state index in [9.17, 15) is 4.79 Å². The zero-order chi connectivity index (χ0) is 11.1. The first-order chi connectivity index (χ1) is 7.22. The quantitative estimate of drug-likeness (QED) is 0.523. The number of rotatable bonds is 4. The Kier molecular flexibility index (Phi) is 5.44. The summed E-state index contributed by atoms with van der Waals surface area (Å²) in [7, 11) is 0. The molecule has 1 atom stereocenters. The van der Waals surface area contributed by atoms with Crippen molar-refractivity contribution in [3.05, 3.63) is 11.6 Å². The highest BCUT2D eigenvalue weighted by molar-refractivity contribution is 5.66. The highest BCUT2D eigenvalue weighted by atomic mass is 16.5. The third kappa shape index (κ3) is 5.01. The summed E-state index contributed by atoms with van der Waals surface area (Å²) in [6.45, 7) is 3.70. The Labute approximate surface area is 92.7 Å². The predicted octanol–water partition coefficient (Wildman–Crippen LogP) is 3.61. The van der Waals surface area contributed by atoms with Crippen molar-refractivity contribution in [1.82, 2.24) is 0 Å². The molecule has 0 fully saturated rings. The van der Waals surface area contributed by atoms with Gasteiger partial charge in [-0.1, -0.05) is 18.9 Å². The zero-order valence-electron chi connectivity index (χ0n) is 9.92. The van der Waals surface area contributed by atoms with E-state index >= 15 is 0 Å². The lowest BCUT2D eigenvalue weighted by molar-refractivity contribution is -0.144. The minimum Gasteiger partial charge on any atom is -0.458 e. The summed E-state index contributed by atoms with van der Waals surface area (Å²) >= 11 is 0. The number of ether oxygens (including phenoxy) is 1. The van der Waals surface area contributed by atoms with E-state index in [0.717, 1.165) is 6.42 Å². The molecule has 0 aliphatic heterocycles. The van der Waals surface area contributed by atoms with Gasteiger partial charge in [-0.05, 0) is 44.6 Å². The molecule has 0 amide bonds. The van der Waals surface area contributed by atoms with Crippen molar-refractivity contribution in [2.24, 2.45) is 0 Å². The summed E-state index contributed by atoms with van der Waals surface area (Å²) in [4.78, 5) is 10.9. The second-order valence-electron chi connectivity index (χ2n) is 4.32. The average Bonchev–Trinajstić information content (AvgIpc) is 2.39. The van der Waals surface area contributed by atoms with Gasteiger partial charge in [-0.3, -0.25) is 4.79 Å². The Morgan fingerprint density at radius 2 is 2.33 bits per heavy atom. The molecule has 15 heavy (non-hydrogen) atoms. The molecular weight excluding hydrogens is 188 g/mol. The van der Waals surface area contributed by atoms with E-state index in [1.165, 1.54) is 51.0 Å². The highest BCUT2D eigenvalue weighted by Crippen LogP contribution is 2.23. The summed E-state index contributed by atoms with van der Waals surface area (Å²) < 4.78 is 5.27. The molecule has 0 spiro atoms. The van der Waals surface area contributed by atoms with Crippen molar-refractivity contribution in [2.75, 3.05) is 0 Å². The number of hydrogen-bond donors (Lipinski definition) is 0. The Morgan fingerprint density at radius 1 is 1.53 bits per heavy atom. The van der Waals surface area contributed by atoms with Gasteiger partial charge in [0.25, 0.3) is 0 Å². The minimum absolute atomic E-state index is 0.0388. The van der Waals surface area contributed by atoms with Crippen LogP contribution in [-0.2, 0) is 9.53 Å². The van der Waals surface area contributed by atoms with Crippen molar-refractivity contribution < 1.29 is 9.53 Å². The molecule has 0 aromatic heterocycles. The maximum absolute atomic E-state index is 10.9. The van der Waals surface area contributed by atoms with Crippen LogP contribution in [0, 0.1) is 0 Å². The molecule has 2 nitrogen and oxygen atoms in total. The maximum atomic E-state index is 10.9. The number of carbonyl (C=O) groups excluding carboxylic acids is 1. The first kappa shape index (κ1) is 12.3. The van der Waals surface area contributed by atoms with E-state index < -0.39 is 0 Å². The SMILES string of the molecule is CCCCC1=CC(OC(C)=O)CCCC1. The molecule has 0 radical (unpaired) electrons. The molecule has 1 rings (SSSR count). The van der Waals surface area contributed by atoms with Crippen LogP contribution in [-0.4, -0.2) is 12.1 Å². The van der Waals surface area contributed by atoms with Gasteiger partial charge in [-0.25, -0.2) is 0 Å². The van der Waals surface area contributed by atoms with Crippen LogP contribution in [0.25, 0.3) is 0 Å². The molecule has 2 heteroatoms. The van der Waals surface area contributed by atoms with Gasteiger partial charge in [0.15, 0.2) is 0 Å². The standard InChI is InChI=1S/C13H22O2/c1-3-4-7-12-8-5-6-9-13(10-12)15-11(2)14/h10,13H,3-9H2,1-2H3. The molecule has 1 unspecified atom stereocenters. The molecular formula is C13H22O2. The largest absolute Gasteiger partial charge is 0.458 e. The molecule has 0 saturated carbocycles. The molecule has 1 aliphatic rings. The van der Waals surface area contributed by atoms with Gasteiger partial charge in [0.2, 0.25) is 0 Å². The second-order valence-corrected chi connectivity index (χ2v) is 4.32. The van der Waals surface area contributed by atoms with Gasteiger partial charge in [-0.2, -0.15) is 0 Å². The number of esters is 1. The van der Waals surface area contributed by atoms with Crippen LogP contribution in [0.3, 0.4) is 0 Å². The van der Waals surface area contributed by atoms with E-state index in [1.54, 1.807) is 0 Å². The lowest BCUT2D eigenvalue weighted by Crippen LogP contribution is -2.13. The third-order valence-electron chi connectivity index (χ3n) is 2.83. The topological polar surface area (TPSA) is 26.3 Å². The predicted molar refractivity (Wildman–Crippen MR) is 61.6 cm³/mol. The Bertz CT molecular complexity index is 231. The number of carbonyl (C=O) groups is 1. The normalized spacial score (nSPS) is 21.7. The van der Waals surface area contributed by atoms with Gasteiger partial charge in [0.05, 0.1) is 0 Å². The average molecular weight is 210 g/mol. The van der Waals surface area contributed by atoms with Gasteiger partial charge >= 0.3 is 5.97 Å². The van der Waals surface area contributed by atoms with Crippen LogP contribution in [0.5, 0.6) is 0 Å². The molecule has 86 valence electrons. The molecule has 0 N–H and O–H groups in total. The lowest BCUT2D eigenvalue weighted by atomic mass is 10.0. The summed E-state index contributed by atoms with van der Waals surface area (Å²) in [5.74, 6) is -0.159. The zero-order valence-corrected chi connectivity index (χ0v) is 9.92. The van der Waals surface area contributed by atoms with E-state index in [4.69, 9.17) is 4.74 Å². The van der Waals surface area contributed by atoms with E-state index in [2.05, 4.69) is 13.0 Å². The highest BCUT2D eigenvalue weighted by Gasteiger charge is 2.13. The molecule has 1 aliphatic carbocycles. The van der Waals surface area contributed by atoms with Gasteiger partial charge in [0.1, 0.15) is 6.10 Å². The first-order valence-electron chi connectivity index (χ1n) is 6.09. The monoisotopic (exact) mass is 210 g/mol. The van der Waals surface area contributed by atoms with Gasteiger partial charge in [0, 0.05) is 6.92 Å². The number of allylic oxidation sites excluding steroid dienone is 1. The van der Waals surface area contributed by atoms with Crippen LogP contribution in [0.4, 0.5) is 0 Å². The van der Waals surface area contributed by atoms with Crippen LogP contribution >= 0.6 is 0 Å². The second kappa shape index (κ2) is 6.65. The summed E-state index contributed by atoms with van der Waals surface area (Å²) in [5.41, 5.74) is 1.49. The summed E-state index contributed by atoms with van der Waals surface area (Å²) in [6.07, 6.45) is 10.5. The number of hydrogen-bond acceptors (Lipinski definition) is 2. The van der Waals surface area contributed by atoms with Crippen LogP contribution in [0.1, 0.15) is 58.8 Å². The number of unbranched alkanes of at least 4 members (excludes halogenated alkanes) is 1. The molecule has 0 aromatic carbocycles. The summed E-state index contributed by atoms with van der Waals surface area (Å²) in [5, 5.41) is 0. The minimum atomic E-state index is -0.159. The Morgan fingerprint density at radius 3 is 3.00 bits per heavy atom. The van der Waals surface area contributed by atoms with Crippen molar-refractivity contribution >= 4 is 5.97 Å². The van der Waals surface area contributed by atoms with Crippen molar-refractivity contribution in [3.8, 4) is 0 Å².